The van der Waals surface area contributed by atoms with Gasteiger partial charge in [-0.3, -0.25) is 0 Å². The zero-order chi connectivity index (χ0) is 50.7. The van der Waals surface area contributed by atoms with Gasteiger partial charge in [0.05, 0.1) is 0 Å². The zero-order valence-electron chi connectivity index (χ0n) is 48.1. The second-order valence-corrected chi connectivity index (χ2v) is 30.4. The summed E-state index contributed by atoms with van der Waals surface area (Å²) in [5.74, 6) is -0.344. The van der Waals surface area contributed by atoms with Crippen molar-refractivity contribution in [2.75, 3.05) is 19.8 Å². The van der Waals surface area contributed by atoms with Crippen molar-refractivity contribution in [1.82, 2.24) is 0 Å². The maximum absolute atomic E-state index is 12.8. The van der Waals surface area contributed by atoms with Gasteiger partial charge in [-0.05, 0) is 0 Å². The first-order valence-corrected chi connectivity index (χ1v) is 37.9. The molecule has 0 rings (SSSR count). The molecule has 0 N–H and O–H groups in total. The predicted molar refractivity (Wildman–Crippen MR) is 306 cm³/mol. The van der Waals surface area contributed by atoms with Gasteiger partial charge in [0.15, 0.2) is 0 Å². The van der Waals surface area contributed by atoms with Crippen LogP contribution in [0.1, 0.15) is 348 Å². The molecule has 0 atom stereocenters. The van der Waals surface area contributed by atoms with Gasteiger partial charge in [0.2, 0.25) is 0 Å². The van der Waals surface area contributed by atoms with Crippen LogP contribution in [0.25, 0.3) is 0 Å². The van der Waals surface area contributed by atoms with Gasteiger partial charge in [-0.2, -0.15) is 0 Å². The molecule has 0 heterocycles. The third-order valence-electron chi connectivity index (χ3n) is 14.8. The van der Waals surface area contributed by atoms with Crippen LogP contribution in [0.5, 0.6) is 0 Å². The number of rotatable bonds is 60. The van der Waals surface area contributed by atoms with Gasteiger partial charge >= 0.3 is 253 Å². The Balaban J connectivity index is 0. The minimum absolute atomic E-state index is 0. The fraction of sp³-hybridized carbons (Fsp3) is 0.952. The Labute approximate surface area is 457 Å². The molecule has 0 fully saturated rings. The number of carbonyl (C=O) groups excluding carboxylic acids is 3. The molecule has 0 aromatic carbocycles. The quantitative estimate of drug-likeness (QED) is 0.0261. The summed E-state index contributed by atoms with van der Waals surface area (Å²) in [5.41, 5.74) is 0. The van der Waals surface area contributed by atoms with E-state index in [2.05, 4.69) is 20.8 Å². The minimum atomic E-state index is -2.22. The van der Waals surface area contributed by atoms with Gasteiger partial charge in [0.25, 0.3) is 0 Å². The Kier molecular flexibility index (Phi) is 65.2. The topological polar surface area (TPSA) is 78.9 Å². The van der Waals surface area contributed by atoms with Crippen LogP contribution in [0.3, 0.4) is 0 Å². The summed E-state index contributed by atoms with van der Waals surface area (Å²) in [6, 6.07) is 0. The third-order valence-corrected chi connectivity index (χ3v) is 23.0. The summed E-state index contributed by atoms with van der Waals surface area (Å²) in [6.45, 7) is 8.38. The molecule has 71 heavy (non-hydrogen) atoms. The number of hydrogen-bond acceptors (Lipinski definition) is 6. The van der Waals surface area contributed by atoms with E-state index in [1.807, 2.05) is 0 Å². The number of ether oxygens (including phenoxy) is 3. The zero-order valence-corrected chi connectivity index (χ0v) is 51.7. The van der Waals surface area contributed by atoms with E-state index in [0.29, 0.717) is 39.1 Å². The van der Waals surface area contributed by atoms with E-state index < -0.39 is 19.8 Å². The molecule has 0 unspecified atom stereocenters. The summed E-state index contributed by atoms with van der Waals surface area (Å²) in [5, 5.41) is 0. The van der Waals surface area contributed by atoms with Crippen LogP contribution < -0.4 is 12.4 Å². The fourth-order valence-electron chi connectivity index (χ4n) is 9.94. The third kappa shape index (κ3) is 61.9. The smallest absolute Gasteiger partial charge is 1.00 e. The average molecular weight is 1130 g/mol. The van der Waals surface area contributed by atoms with Crippen molar-refractivity contribution in [3.63, 3.8) is 0 Å². The van der Waals surface area contributed by atoms with Gasteiger partial charge in [-0.25, -0.2) is 0 Å². The van der Waals surface area contributed by atoms with Crippen LogP contribution >= 0.6 is 0 Å². The predicted octanol–water partition coefficient (Wildman–Crippen LogP) is 18.1. The minimum Gasteiger partial charge on any atom is -1.00 e. The first-order valence-electron chi connectivity index (χ1n) is 31.8. The molecule has 422 valence electrons. The number of carbonyl (C=O) groups is 3. The number of hydrogen-bond donors (Lipinski definition) is 0. The molecule has 0 saturated carbocycles. The first-order chi connectivity index (χ1) is 34.5. The van der Waals surface area contributed by atoms with Crippen molar-refractivity contribution in [3.8, 4) is 0 Å². The summed E-state index contributed by atoms with van der Waals surface area (Å²) in [4.78, 5) is 38.3. The van der Waals surface area contributed by atoms with E-state index >= 15 is 0 Å². The van der Waals surface area contributed by atoms with Crippen molar-refractivity contribution in [3.05, 3.63) is 0 Å². The van der Waals surface area contributed by atoms with Crippen LogP contribution in [-0.2, 0) is 28.6 Å². The molecule has 0 amide bonds. The van der Waals surface area contributed by atoms with E-state index in [-0.39, 0.29) is 30.3 Å². The average Bonchev–Trinajstić information content (AvgIpc) is 3.36. The number of esters is 3. The normalized spacial score (nSPS) is 11.2. The molecule has 0 spiro atoms. The van der Waals surface area contributed by atoms with Gasteiger partial charge in [-0.1, -0.05) is 194 Å². The Morgan fingerprint density at radius 2 is 0.380 bits per heavy atom. The fourth-order valence-corrected chi connectivity index (χ4v) is 16.9. The number of halogens is 1. The molecule has 0 aromatic heterocycles. The van der Waals surface area contributed by atoms with Crippen molar-refractivity contribution < 1.29 is 41.0 Å². The van der Waals surface area contributed by atoms with E-state index in [0.717, 1.165) is 51.8 Å². The van der Waals surface area contributed by atoms with E-state index in [1.54, 1.807) is 0 Å². The van der Waals surface area contributed by atoms with E-state index in [9.17, 15) is 14.4 Å². The van der Waals surface area contributed by atoms with E-state index in [4.69, 9.17) is 14.2 Å². The summed E-state index contributed by atoms with van der Waals surface area (Å²) in [7, 11) is 0. The van der Waals surface area contributed by atoms with Crippen LogP contribution in [0.15, 0.2) is 0 Å². The molecule has 8 heteroatoms. The molecule has 6 nitrogen and oxygen atoms in total. The number of unbranched alkanes of at least 4 members (excludes halogenated alkanes) is 45. The van der Waals surface area contributed by atoms with Crippen LogP contribution in [0, 0.1) is 0 Å². The molecular formula is C63H123ClO6Sn. The SMILES string of the molecule is CCCCCCCCCCCCCCCCCCOC(=O)C[CH2][Sn+]([CH2]CC(=O)OCCCCCCCCCCCCCCCCCC)[CH2]CC(=O)OCCCCCCCCCCCCCCCCCC.[Cl-]. The molecule has 0 bridgehead atoms. The molecule has 0 saturated heterocycles. The monoisotopic (exact) mass is 1130 g/mol. The molecule has 0 aromatic rings. The molecule has 0 aliphatic heterocycles. The maximum atomic E-state index is 12.8. The second kappa shape index (κ2) is 63.8. The van der Waals surface area contributed by atoms with Crippen molar-refractivity contribution in [2.24, 2.45) is 0 Å². The van der Waals surface area contributed by atoms with Gasteiger partial charge in [-0.15, -0.1) is 0 Å². The Morgan fingerprint density at radius 1 is 0.239 bits per heavy atom. The molecule has 0 aliphatic rings. The van der Waals surface area contributed by atoms with Crippen molar-refractivity contribution in [2.45, 2.75) is 362 Å². The summed E-state index contributed by atoms with van der Waals surface area (Å²) >= 11 is -2.22. The summed E-state index contributed by atoms with van der Waals surface area (Å²) < 4.78 is 19.4. The molecule has 0 radical (unpaired) electrons. The van der Waals surface area contributed by atoms with Gasteiger partial charge < -0.3 is 12.4 Å². The second-order valence-electron chi connectivity index (χ2n) is 21.8. The van der Waals surface area contributed by atoms with Crippen LogP contribution in [-0.4, -0.2) is 57.5 Å². The van der Waals surface area contributed by atoms with Crippen LogP contribution in [0.2, 0.25) is 13.3 Å². The first kappa shape index (κ1) is 72.6. The summed E-state index contributed by atoms with van der Waals surface area (Å²) in [6.07, 6.45) is 65.0. The Hall–Kier alpha value is -0.501. The molecule has 0 aliphatic carbocycles. The van der Waals surface area contributed by atoms with Crippen molar-refractivity contribution >= 4 is 37.7 Å². The van der Waals surface area contributed by atoms with E-state index in [1.165, 1.54) is 270 Å². The van der Waals surface area contributed by atoms with Gasteiger partial charge in [0.1, 0.15) is 0 Å². The Morgan fingerprint density at radius 3 is 0.535 bits per heavy atom. The van der Waals surface area contributed by atoms with Crippen molar-refractivity contribution in [1.29, 1.82) is 0 Å². The molecular weight excluding hydrogens is 1010 g/mol. The Bertz CT molecular complexity index is 931. The van der Waals surface area contributed by atoms with Gasteiger partial charge in [0, 0.05) is 0 Å². The van der Waals surface area contributed by atoms with Crippen LogP contribution in [0.4, 0.5) is 0 Å². The standard InChI is InChI=1S/3C21H41O2.ClH.Sn/c3*1-3-5-6-7-8-9-10-11-12-13-14-15-16-17-18-19-20-23-21(22)4-2;;/h3*2-20H2,1H3;1H;/q;;;;+1/p-1.